The van der Waals surface area contributed by atoms with Crippen LogP contribution in [0.2, 0.25) is 0 Å². The van der Waals surface area contributed by atoms with Crippen molar-refractivity contribution in [2.24, 2.45) is 0 Å². The molecule has 0 fully saturated rings. The molecule has 4 rings (SSSR count). The van der Waals surface area contributed by atoms with E-state index in [1.54, 1.807) is 55.8 Å². The fraction of sp³-hybridized carbons (Fsp3) is 0.0526. The molecule has 0 saturated heterocycles. The maximum atomic E-state index is 12.8. The molecular weight excluding hydrogens is 306 g/mol. The van der Waals surface area contributed by atoms with Crippen molar-refractivity contribution in [1.82, 2.24) is 4.98 Å². The number of para-hydroxylation sites is 1. The van der Waals surface area contributed by atoms with Gasteiger partial charge in [0.15, 0.2) is 0 Å². The van der Waals surface area contributed by atoms with Gasteiger partial charge in [0.1, 0.15) is 16.9 Å². The topological polar surface area (TPSA) is 72.3 Å². The number of nitrogens with one attached hydrogen (secondary N) is 1. The van der Waals surface area contributed by atoms with E-state index in [1.807, 2.05) is 6.07 Å². The van der Waals surface area contributed by atoms with Gasteiger partial charge in [-0.1, -0.05) is 18.2 Å². The van der Waals surface area contributed by atoms with Crippen LogP contribution < -0.4 is 10.4 Å². The second-order valence-corrected chi connectivity index (χ2v) is 5.43. The van der Waals surface area contributed by atoms with E-state index in [1.165, 1.54) is 0 Å². The molecule has 0 aliphatic rings. The van der Waals surface area contributed by atoms with Gasteiger partial charge in [0.2, 0.25) is 5.78 Å². The smallest absolute Gasteiger partial charge is 0.347 e. The van der Waals surface area contributed by atoms with Crippen LogP contribution in [0.1, 0.15) is 15.9 Å². The number of benzene rings is 2. The van der Waals surface area contributed by atoms with E-state index < -0.39 is 5.63 Å². The van der Waals surface area contributed by atoms with Crippen molar-refractivity contribution in [2.45, 2.75) is 0 Å². The molecule has 0 unspecified atom stereocenters. The summed E-state index contributed by atoms with van der Waals surface area (Å²) in [7, 11) is 1.58. The molecular formula is C19H13NO4. The van der Waals surface area contributed by atoms with Gasteiger partial charge in [0.25, 0.3) is 0 Å². The summed E-state index contributed by atoms with van der Waals surface area (Å²) in [5.74, 6) is 0.319. The van der Waals surface area contributed by atoms with Crippen molar-refractivity contribution in [3.63, 3.8) is 0 Å². The monoisotopic (exact) mass is 319 g/mol. The number of carbonyl (C=O) groups is 1. The molecule has 5 nitrogen and oxygen atoms in total. The normalized spacial score (nSPS) is 11.0. The predicted molar refractivity (Wildman–Crippen MR) is 90.8 cm³/mol. The van der Waals surface area contributed by atoms with Gasteiger partial charge in [-0.05, 0) is 24.3 Å². The highest BCUT2D eigenvalue weighted by molar-refractivity contribution is 6.16. The predicted octanol–water partition coefficient (Wildman–Crippen LogP) is 3.51. The number of aromatic amines is 1. The van der Waals surface area contributed by atoms with Crippen LogP contribution in [0.25, 0.3) is 21.9 Å². The van der Waals surface area contributed by atoms with E-state index >= 15 is 0 Å². The highest BCUT2D eigenvalue weighted by atomic mass is 16.5. The largest absolute Gasteiger partial charge is 0.497 e. The van der Waals surface area contributed by atoms with E-state index in [0.717, 1.165) is 10.9 Å². The number of rotatable bonds is 3. The molecule has 4 aromatic rings. The van der Waals surface area contributed by atoms with Crippen LogP contribution in [0.3, 0.4) is 0 Å². The lowest BCUT2D eigenvalue weighted by atomic mass is 10.0. The van der Waals surface area contributed by atoms with Crippen LogP contribution in [-0.2, 0) is 0 Å². The fourth-order valence-corrected chi connectivity index (χ4v) is 2.79. The summed E-state index contributed by atoms with van der Waals surface area (Å²) in [5.41, 5.74) is 1.04. The number of hydrogen-bond donors (Lipinski definition) is 1. The third kappa shape index (κ3) is 2.18. The molecule has 0 bridgehead atoms. The third-order valence-corrected chi connectivity index (χ3v) is 4.02. The maximum Gasteiger partial charge on any atom is 0.347 e. The number of ether oxygens (including phenoxy) is 1. The molecule has 24 heavy (non-hydrogen) atoms. The van der Waals surface area contributed by atoms with Crippen LogP contribution in [0.4, 0.5) is 0 Å². The number of fused-ring (bicyclic) bond motifs is 2. The molecule has 5 heteroatoms. The van der Waals surface area contributed by atoms with E-state index in [-0.39, 0.29) is 11.3 Å². The van der Waals surface area contributed by atoms with Gasteiger partial charge in [-0.15, -0.1) is 0 Å². The van der Waals surface area contributed by atoms with Crippen LogP contribution in [0, 0.1) is 0 Å². The first-order chi connectivity index (χ1) is 11.7. The van der Waals surface area contributed by atoms with Crippen LogP contribution in [0.15, 0.2) is 63.9 Å². The Bertz CT molecular complexity index is 1140. The lowest BCUT2D eigenvalue weighted by molar-refractivity contribution is 0.103. The van der Waals surface area contributed by atoms with Gasteiger partial charge in [-0.25, -0.2) is 4.79 Å². The van der Waals surface area contributed by atoms with Crippen molar-refractivity contribution in [1.29, 1.82) is 0 Å². The number of hydrogen-bond acceptors (Lipinski definition) is 4. The van der Waals surface area contributed by atoms with Crippen molar-refractivity contribution in [3.05, 3.63) is 76.3 Å². The van der Waals surface area contributed by atoms with Gasteiger partial charge >= 0.3 is 5.63 Å². The fourth-order valence-electron chi connectivity index (χ4n) is 2.79. The summed E-state index contributed by atoms with van der Waals surface area (Å²) in [5, 5.41) is 1.44. The molecule has 2 aromatic heterocycles. The minimum Gasteiger partial charge on any atom is -0.497 e. The van der Waals surface area contributed by atoms with Crippen LogP contribution >= 0.6 is 0 Å². The third-order valence-electron chi connectivity index (χ3n) is 4.02. The molecule has 1 N–H and O–H groups in total. The molecule has 0 radical (unpaired) electrons. The van der Waals surface area contributed by atoms with E-state index in [9.17, 15) is 9.59 Å². The summed E-state index contributed by atoms with van der Waals surface area (Å²) in [6.07, 6.45) is 1.60. The Hall–Kier alpha value is -3.34. The van der Waals surface area contributed by atoms with Crippen molar-refractivity contribution in [2.75, 3.05) is 7.11 Å². The molecule has 118 valence electrons. The van der Waals surface area contributed by atoms with Gasteiger partial charge in [0, 0.05) is 34.1 Å². The zero-order chi connectivity index (χ0) is 16.7. The molecule has 2 heterocycles. The minimum atomic E-state index is -0.637. The molecule has 0 atom stereocenters. The number of methoxy groups -OCH3 is 1. The lowest BCUT2D eigenvalue weighted by Gasteiger charge is -2.02. The summed E-state index contributed by atoms with van der Waals surface area (Å²) in [6, 6.07) is 14.0. The number of ketones is 1. The van der Waals surface area contributed by atoms with Crippen LogP contribution in [-0.4, -0.2) is 17.9 Å². The second-order valence-electron chi connectivity index (χ2n) is 5.43. The number of carbonyl (C=O) groups excluding carboxylic acids is 1. The average Bonchev–Trinajstić information content (AvgIpc) is 3.03. The highest BCUT2D eigenvalue weighted by Crippen LogP contribution is 2.25. The Morgan fingerprint density at radius 3 is 2.75 bits per heavy atom. The van der Waals surface area contributed by atoms with Crippen molar-refractivity contribution in [3.8, 4) is 5.75 Å². The summed E-state index contributed by atoms with van der Waals surface area (Å²) in [6.45, 7) is 0. The zero-order valence-corrected chi connectivity index (χ0v) is 12.8. The lowest BCUT2D eigenvalue weighted by Crippen LogP contribution is -2.14. The maximum absolute atomic E-state index is 12.8. The first-order valence-corrected chi connectivity index (χ1v) is 7.40. The van der Waals surface area contributed by atoms with Gasteiger partial charge in [-0.3, -0.25) is 4.79 Å². The summed E-state index contributed by atoms with van der Waals surface area (Å²) >= 11 is 0. The Labute approximate surface area is 136 Å². The summed E-state index contributed by atoms with van der Waals surface area (Å²) < 4.78 is 10.4. The molecule has 0 aliphatic heterocycles. The number of aromatic nitrogens is 1. The Balaban J connectivity index is 1.87. The standard InChI is InChI=1S/C19H13NO4/c1-23-12-6-7-13-15(10-20-16(13)9-12)18(21)14-8-11-4-2-3-5-17(11)24-19(14)22/h2-10,20H,1H3. The molecule has 0 saturated carbocycles. The highest BCUT2D eigenvalue weighted by Gasteiger charge is 2.19. The average molecular weight is 319 g/mol. The first-order valence-electron chi connectivity index (χ1n) is 7.40. The van der Waals surface area contributed by atoms with Crippen LogP contribution in [0.5, 0.6) is 5.75 Å². The quantitative estimate of drug-likeness (QED) is 0.463. The second kappa shape index (κ2) is 5.38. The molecule has 2 aromatic carbocycles. The van der Waals surface area contributed by atoms with Gasteiger partial charge in [0.05, 0.1) is 7.11 Å². The molecule has 0 amide bonds. The van der Waals surface area contributed by atoms with Crippen molar-refractivity contribution >= 4 is 27.7 Å². The number of H-pyrrole nitrogens is 1. The van der Waals surface area contributed by atoms with E-state index in [2.05, 4.69) is 4.98 Å². The van der Waals surface area contributed by atoms with E-state index in [0.29, 0.717) is 22.3 Å². The SMILES string of the molecule is COc1ccc2c(C(=O)c3cc4ccccc4oc3=O)c[nH]c2c1. The minimum absolute atomic E-state index is 0.0189. The van der Waals surface area contributed by atoms with E-state index in [4.69, 9.17) is 9.15 Å². The van der Waals surface area contributed by atoms with Gasteiger partial charge in [-0.2, -0.15) is 0 Å². The van der Waals surface area contributed by atoms with Crippen molar-refractivity contribution < 1.29 is 13.9 Å². The van der Waals surface area contributed by atoms with Gasteiger partial charge < -0.3 is 14.1 Å². The zero-order valence-electron chi connectivity index (χ0n) is 12.8. The molecule has 0 aliphatic carbocycles. The summed E-state index contributed by atoms with van der Waals surface area (Å²) in [4.78, 5) is 28.1. The Morgan fingerprint density at radius 1 is 1.08 bits per heavy atom. The molecule has 0 spiro atoms. The first kappa shape index (κ1) is 14.3. The Kier molecular flexibility index (Phi) is 3.20. The Morgan fingerprint density at radius 2 is 1.92 bits per heavy atom.